The normalized spacial score (nSPS) is 11.7. The van der Waals surface area contributed by atoms with Gasteiger partial charge in [0.15, 0.2) is 11.5 Å². The molecule has 0 bridgehead atoms. The van der Waals surface area contributed by atoms with E-state index in [1.54, 1.807) is 37.3 Å². The number of carbonyl (C=O) groups is 2. The summed E-state index contributed by atoms with van der Waals surface area (Å²) in [5, 5.41) is 14.9. The highest BCUT2D eigenvalue weighted by Crippen LogP contribution is 2.32. The Hall–Kier alpha value is -3.79. The van der Waals surface area contributed by atoms with E-state index in [2.05, 4.69) is 20.8 Å². The first-order valence-electron chi connectivity index (χ1n) is 10.3. The highest BCUT2D eigenvalue weighted by molar-refractivity contribution is 7.99. The molecule has 3 aromatic rings. The number of aromatic nitrogens is 2. The molecule has 0 fully saturated rings. The van der Waals surface area contributed by atoms with Crippen molar-refractivity contribution in [2.24, 2.45) is 0 Å². The van der Waals surface area contributed by atoms with Crippen molar-refractivity contribution < 1.29 is 23.8 Å². The summed E-state index contributed by atoms with van der Waals surface area (Å²) in [7, 11) is 0. The van der Waals surface area contributed by atoms with Crippen molar-refractivity contribution in [3.8, 4) is 11.5 Å². The maximum atomic E-state index is 12.2. The van der Waals surface area contributed by atoms with Crippen molar-refractivity contribution in [3.05, 3.63) is 65.7 Å². The standard InChI is InChI=1S/C23H22N4O5S/c1-2-30-23(29)16-4-6-17(7-5-16)25-21(28)13-33-22-10-9-20(26-27-22)24-12-15-3-8-18-19(11-15)32-14-31-18/h3-11H,2,12-14H2,1H3,(H,24,26)(H,25,28). The van der Waals surface area contributed by atoms with Gasteiger partial charge in [0.25, 0.3) is 0 Å². The van der Waals surface area contributed by atoms with Crippen molar-refractivity contribution in [2.45, 2.75) is 18.5 Å². The van der Waals surface area contributed by atoms with Gasteiger partial charge in [0.2, 0.25) is 12.7 Å². The van der Waals surface area contributed by atoms with E-state index >= 15 is 0 Å². The molecule has 0 saturated heterocycles. The zero-order chi connectivity index (χ0) is 23.0. The molecule has 0 radical (unpaired) electrons. The van der Waals surface area contributed by atoms with E-state index in [0.29, 0.717) is 35.2 Å². The van der Waals surface area contributed by atoms with Crippen molar-refractivity contribution in [3.63, 3.8) is 0 Å². The van der Waals surface area contributed by atoms with Crippen molar-refractivity contribution >= 4 is 35.1 Å². The van der Waals surface area contributed by atoms with E-state index in [1.165, 1.54) is 11.8 Å². The van der Waals surface area contributed by atoms with Crippen molar-refractivity contribution in [2.75, 3.05) is 29.8 Å². The van der Waals surface area contributed by atoms with Gasteiger partial charge in [-0.3, -0.25) is 4.79 Å². The summed E-state index contributed by atoms with van der Waals surface area (Å²) in [6.07, 6.45) is 0. The summed E-state index contributed by atoms with van der Waals surface area (Å²) in [5.41, 5.74) is 2.07. The highest BCUT2D eigenvalue weighted by atomic mass is 32.2. The Kier molecular flexibility index (Phi) is 7.26. The number of carbonyl (C=O) groups excluding carboxylic acids is 2. The second-order valence-corrected chi connectivity index (χ2v) is 7.93. The Morgan fingerprint density at radius 2 is 1.85 bits per heavy atom. The molecule has 9 nitrogen and oxygen atoms in total. The molecule has 170 valence electrons. The average molecular weight is 467 g/mol. The van der Waals surface area contributed by atoms with Gasteiger partial charge < -0.3 is 24.8 Å². The lowest BCUT2D eigenvalue weighted by molar-refractivity contribution is -0.113. The fraction of sp³-hybridized carbons (Fsp3) is 0.217. The number of benzene rings is 2. The number of fused-ring (bicyclic) bond motifs is 1. The highest BCUT2D eigenvalue weighted by Gasteiger charge is 2.13. The van der Waals surface area contributed by atoms with E-state index in [1.807, 2.05) is 24.3 Å². The summed E-state index contributed by atoms with van der Waals surface area (Å²) < 4.78 is 15.6. The van der Waals surface area contributed by atoms with Gasteiger partial charge in [-0.25, -0.2) is 4.79 Å². The second-order valence-electron chi connectivity index (χ2n) is 6.93. The first-order chi connectivity index (χ1) is 16.1. The zero-order valence-electron chi connectivity index (χ0n) is 17.9. The van der Waals surface area contributed by atoms with Gasteiger partial charge in [-0.15, -0.1) is 10.2 Å². The molecule has 2 aromatic carbocycles. The van der Waals surface area contributed by atoms with Crippen LogP contribution in [0.5, 0.6) is 11.5 Å². The smallest absolute Gasteiger partial charge is 0.338 e. The molecular formula is C23H22N4O5S. The molecular weight excluding hydrogens is 444 g/mol. The van der Waals surface area contributed by atoms with Crippen LogP contribution in [0.4, 0.5) is 11.5 Å². The molecule has 1 aliphatic rings. The van der Waals surface area contributed by atoms with E-state index in [0.717, 1.165) is 17.1 Å². The number of esters is 1. The summed E-state index contributed by atoms with van der Waals surface area (Å²) in [6.45, 7) is 2.87. The molecule has 2 N–H and O–H groups in total. The first-order valence-corrected chi connectivity index (χ1v) is 11.3. The fourth-order valence-corrected chi connectivity index (χ4v) is 3.59. The minimum absolute atomic E-state index is 0.179. The first kappa shape index (κ1) is 22.4. The number of rotatable bonds is 9. The number of ether oxygens (including phenoxy) is 3. The van der Waals surface area contributed by atoms with Crippen molar-refractivity contribution in [1.29, 1.82) is 0 Å². The SMILES string of the molecule is CCOC(=O)c1ccc(NC(=O)CSc2ccc(NCc3ccc4c(c3)OCO4)nn2)cc1. The Labute approximate surface area is 194 Å². The minimum Gasteiger partial charge on any atom is -0.462 e. The number of hydrogen-bond acceptors (Lipinski definition) is 9. The number of nitrogens with zero attached hydrogens (tertiary/aromatic N) is 2. The monoisotopic (exact) mass is 466 g/mol. The lowest BCUT2D eigenvalue weighted by atomic mass is 10.2. The maximum absolute atomic E-state index is 12.2. The third-order valence-electron chi connectivity index (χ3n) is 4.58. The number of nitrogens with one attached hydrogen (secondary N) is 2. The van der Waals surface area contributed by atoms with Crippen LogP contribution in [0.25, 0.3) is 0 Å². The van der Waals surface area contributed by atoms with Crippen molar-refractivity contribution in [1.82, 2.24) is 10.2 Å². The third-order valence-corrected chi connectivity index (χ3v) is 5.50. The molecule has 0 atom stereocenters. The van der Waals surface area contributed by atoms with Gasteiger partial charge in [-0.2, -0.15) is 0 Å². The summed E-state index contributed by atoms with van der Waals surface area (Å²) in [4.78, 5) is 23.9. The predicted molar refractivity (Wildman–Crippen MR) is 124 cm³/mol. The topological polar surface area (TPSA) is 112 Å². The van der Waals surface area contributed by atoms with Crippen LogP contribution in [-0.4, -0.2) is 41.2 Å². The van der Waals surface area contributed by atoms with Crippen LogP contribution in [0, 0.1) is 0 Å². The zero-order valence-corrected chi connectivity index (χ0v) is 18.7. The summed E-state index contributed by atoms with van der Waals surface area (Å²) in [6, 6.07) is 15.9. The molecule has 0 aliphatic carbocycles. The molecule has 33 heavy (non-hydrogen) atoms. The maximum Gasteiger partial charge on any atom is 0.338 e. The molecule has 0 spiro atoms. The Bertz CT molecular complexity index is 1120. The van der Waals surface area contributed by atoms with Gasteiger partial charge in [-0.05, 0) is 61.0 Å². The van der Waals surface area contributed by atoms with Gasteiger partial charge in [0.1, 0.15) is 10.8 Å². The Morgan fingerprint density at radius 1 is 1.03 bits per heavy atom. The van der Waals surface area contributed by atoms with Gasteiger partial charge in [-0.1, -0.05) is 17.8 Å². The summed E-state index contributed by atoms with van der Waals surface area (Å²) in [5.74, 6) is 1.72. The fourth-order valence-electron chi connectivity index (χ4n) is 2.98. The minimum atomic E-state index is -0.390. The number of hydrogen-bond donors (Lipinski definition) is 2. The largest absolute Gasteiger partial charge is 0.462 e. The molecule has 0 unspecified atom stereocenters. The van der Waals surface area contributed by atoms with Crippen LogP contribution in [0.1, 0.15) is 22.8 Å². The van der Waals surface area contributed by atoms with E-state index in [9.17, 15) is 9.59 Å². The lowest BCUT2D eigenvalue weighted by Gasteiger charge is -2.07. The molecule has 0 saturated carbocycles. The van der Waals surface area contributed by atoms with Crippen LogP contribution >= 0.6 is 11.8 Å². The van der Waals surface area contributed by atoms with Crippen LogP contribution < -0.4 is 20.1 Å². The van der Waals surface area contributed by atoms with E-state index < -0.39 is 5.97 Å². The Morgan fingerprint density at radius 3 is 2.61 bits per heavy atom. The Balaban J connectivity index is 1.22. The van der Waals surface area contributed by atoms with Crippen LogP contribution in [0.15, 0.2) is 59.6 Å². The third kappa shape index (κ3) is 6.13. The van der Waals surface area contributed by atoms with Gasteiger partial charge >= 0.3 is 5.97 Å². The quantitative estimate of drug-likeness (QED) is 0.360. The van der Waals surface area contributed by atoms with Crippen LogP contribution in [-0.2, 0) is 16.1 Å². The van der Waals surface area contributed by atoms with Crippen LogP contribution in [0.3, 0.4) is 0 Å². The molecule has 4 rings (SSSR count). The molecule has 1 amide bonds. The molecule has 1 aromatic heterocycles. The second kappa shape index (κ2) is 10.7. The number of thioether (sulfide) groups is 1. The van der Waals surface area contributed by atoms with E-state index in [4.69, 9.17) is 14.2 Å². The summed E-state index contributed by atoms with van der Waals surface area (Å²) >= 11 is 1.28. The van der Waals surface area contributed by atoms with Crippen LogP contribution in [0.2, 0.25) is 0 Å². The molecule has 1 aliphatic heterocycles. The molecule has 2 heterocycles. The predicted octanol–water partition coefficient (Wildman–Crippen LogP) is 3.72. The van der Waals surface area contributed by atoms with Gasteiger partial charge in [0.05, 0.1) is 17.9 Å². The van der Waals surface area contributed by atoms with Gasteiger partial charge in [0, 0.05) is 12.2 Å². The lowest BCUT2D eigenvalue weighted by Crippen LogP contribution is -2.14. The number of amides is 1. The van der Waals surface area contributed by atoms with E-state index in [-0.39, 0.29) is 18.5 Å². The number of anilines is 2. The average Bonchev–Trinajstić information content (AvgIpc) is 3.31. The molecule has 10 heteroatoms.